The van der Waals surface area contributed by atoms with E-state index in [2.05, 4.69) is 27.8 Å². The Hall–Kier alpha value is -1.53. The molecule has 1 aromatic heterocycles. The highest BCUT2D eigenvalue weighted by Crippen LogP contribution is 2.23. The van der Waals surface area contributed by atoms with E-state index in [1.807, 2.05) is 6.92 Å². The highest BCUT2D eigenvalue weighted by Gasteiger charge is 2.17. The number of rotatable bonds is 5. The molecule has 1 aromatic carbocycles. The Morgan fingerprint density at radius 1 is 1.47 bits per heavy atom. The average molecular weight is 284 g/mol. The molecule has 0 aliphatic heterocycles. The van der Waals surface area contributed by atoms with Crippen molar-refractivity contribution in [3.8, 4) is 5.69 Å². The van der Waals surface area contributed by atoms with Gasteiger partial charge in [0.2, 0.25) is 0 Å². The molecule has 102 valence electrons. The molecule has 0 saturated heterocycles. The predicted octanol–water partition coefficient (Wildman–Crippen LogP) is 2.52. The molecule has 0 spiro atoms. The lowest BCUT2D eigenvalue weighted by Crippen LogP contribution is -2.22. The van der Waals surface area contributed by atoms with Crippen molar-refractivity contribution in [2.75, 3.05) is 6.54 Å². The van der Waals surface area contributed by atoms with Gasteiger partial charge in [-0.1, -0.05) is 18.5 Å². The number of nitrogens with one attached hydrogen (secondary N) is 1. The second kappa shape index (κ2) is 6.08. The van der Waals surface area contributed by atoms with Gasteiger partial charge in [0, 0.05) is 6.07 Å². The van der Waals surface area contributed by atoms with Gasteiger partial charge in [0.25, 0.3) is 0 Å². The SMILES string of the molecule is CCCNC(C)c1nnnn1-c1cc(F)ccc1Cl. The molecule has 0 fully saturated rings. The maximum Gasteiger partial charge on any atom is 0.173 e. The number of halogens is 2. The van der Waals surface area contributed by atoms with Gasteiger partial charge in [-0.25, -0.2) is 4.39 Å². The lowest BCUT2D eigenvalue weighted by molar-refractivity contribution is 0.530. The fourth-order valence-corrected chi connectivity index (χ4v) is 1.93. The minimum Gasteiger partial charge on any atom is -0.307 e. The average Bonchev–Trinajstić information content (AvgIpc) is 2.88. The van der Waals surface area contributed by atoms with Gasteiger partial charge >= 0.3 is 0 Å². The summed E-state index contributed by atoms with van der Waals surface area (Å²) in [6, 6.07) is 4.06. The molecule has 2 aromatic rings. The second-order valence-corrected chi connectivity index (χ2v) is 4.63. The van der Waals surface area contributed by atoms with Crippen molar-refractivity contribution < 1.29 is 4.39 Å². The van der Waals surface area contributed by atoms with Crippen molar-refractivity contribution in [3.05, 3.63) is 34.9 Å². The molecule has 5 nitrogen and oxygen atoms in total. The third-order valence-corrected chi connectivity index (χ3v) is 3.04. The van der Waals surface area contributed by atoms with Gasteiger partial charge in [0.1, 0.15) is 5.82 Å². The Bertz CT molecular complexity index is 557. The minimum atomic E-state index is -0.380. The van der Waals surface area contributed by atoms with Gasteiger partial charge in [0.05, 0.1) is 16.8 Å². The summed E-state index contributed by atoms with van der Waals surface area (Å²) >= 11 is 6.07. The third kappa shape index (κ3) is 3.08. The van der Waals surface area contributed by atoms with E-state index in [9.17, 15) is 4.39 Å². The van der Waals surface area contributed by atoms with Gasteiger partial charge in [0.15, 0.2) is 5.82 Å². The molecule has 0 aliphatic rings. The molecule has 0 amide bonds. The number of hydrogen-bond donors (Lipinski definition) is 1. The first kappa shape index (κ1) is 13.9. The zero-order valence-electron chi connectivity index (χ0n) is 10.8. The van der Waals surface area contributed by atoms with E-state index < -0.39 is 0 Å². The number of aromatic nitrogens is 4. The highest BCUT2D eigenvalue weighted by atomic mass is 35.5. The molecule has 0 aliphatic carbocycles. The largest absolute Gasteiger partial charge is 0.307 e. The minimum absolute atomic E-state index is 0.0470. The van der Waals surface area contributed by atoms with E-state index in [0.29, 0.717) is 16.5 Å². The molecule has 19 heavy (non-hydrogen) atoms. The third-order valence-electron chi connectivity index (χ3n) is 2.72. The molecule has 1 heterocycles. The van der Waals surface area contributed by atoms with Gasteiger partial charge in [-0.2, -0.15) is 4.68 Å². The number of hydrogen-bond acceptors (Lipinski definition) is 4. The molecular weight excluding hydrogens is 269 g/mol. The summed E-state index contributed by atoms with van der Waals surface area (Å²) in [6.45, 7) is 4.88. The van der Waals surface area contributed by atoms with E-state index in [1.165, 1.54) is 22.9 Å². The van der Waals surface area contributed by atoms with Crippen LogP contribution in [0.4, 0.5) is 4.39 Å². The van der Waals surface area contributed by atoms with Crippen molar-refractivity contribution in [2.45, 2.75) is 26.3 Å². The van der Waals surface area contributed by atoms with E-state index in [-0.39, 0.29) is 11.9 Å². The summed E-state index contributed by atoms with van der Waals surface area (Å²) in [6.07, 6.45) is 1.01. The predicted molar refractivity (Wildman–Crippen MR) is 70.8 cm³/mol. The van der Waals surface area contributed by atoms with Crippen LogP contribution in [0.5, 0.6) is 0 Å². The first-order valence-electron chi connectivity index (χ1n) is 6.10. The van der Waals surface area contributed by atoms with Crippen LogP contribution >= 0.6 is 11.6 Å². The van der Waals surface area contributed by atoms with Gasteiger partial charge in [-0.3, -0.25) is 0 Å². The van der Waals surface area contributed by atoms with Crippen LogP contribution in [0.2, 0.25) is 5.02 Å². The van der Waals surface area contributed by atoms with E-state index in [4.69, 9.17) is 11.6 Å². The monoisotopic (exact) mass is 283 g/mol. The molecule has 1 unspecified atom stereocenters. The van der Waals surface area contributed by atoms with Crippen molar-refractivity contribution >= 4 is 11.6 Å². The number of nitrogens with zero attached hydrogens (tertiary/aromatic N) is 4. The Kier molecular flexibility index (Phi) is 4.44. The van der Waals surface area contributed by atoms with Crippen LogP contribution in [-0.2, 0) is 0 Å². The Labute approximate surface area is 115 Å². The zero-order valence-corrected chi connectivity index (χ0v) is 11.5. The standard InChI is InChI=1S/C12H15ClFN5/c1-3-6-15-8(2)12-16-17-18-19(12)11-7-9(14)4-5-10(11)13/h4-5,7-8,15H,3,6H2,1-2H3. The second-order valence-electron chi connectivity index (χ2n) is 4.22. The lowest BCUT2D eigenvalue weighted by Gasteiger charge is -2.13. The van der Waals surface area contributed by atoms with Crippen molar-refractivity contribution in [1.82, 2.24) is 25.5 Å². The molecule has 1 atom stereocenters. The number of benzene rings is 1. The Morgan fingerprint density at radius 2 is 2.26 bits per heavy atom. The molecule has 0 radical (unpaired) electrons. The summed E-state index contributed by atoms with van der Waals surface area (Å²) in [7, 11) is 0. The maximum atomic E-state index is 13.3. The summed E-state index contributed by atoms with van der Waals surface area (Å²) in [4.78, 5) is 0. The van der Waals surface area contributed by atoms with Crippen LogP contribution in [0.1, 0.15) is 32.1 Å². The number of tetrazole rings is 1. The van der Waals surface area contributed by atoms with Crippen LogP contribution in [0.25, 0.3) is 5.69 Å². The summed E-state index contributed by atoms with van der Waals surface area (Å²) < 4.78 is 14.8. The van der Waals surface area contributed by atoms with Crippen molar-refractivity contribution in [3.63, 3.8) is 0 Å². The normalized spacial score (nSPS) is 12.6. The Morgan fingerprint density at radius 3 is 3.00 bits per heavy atom. The van der Waals surface area contributed by atoms with Crippen molar-refractivity contribution in [2.24, 2.45) is 0 Å². The van der Waals surface area contributed by atoms with Crippen LogP contribution in [0, 0.1) is 5.82 Å². The van der Waals surface area contributed by atoms with E-state index in [1.54, 1.807) is 0 Å². The molecule has 1 N–H and O–H groups in total. The summed E-state index contributed by atoms with van der Waals surface area (Å²) in [5, 5.41) is 15.2. The zero-order chi connectivity index (χ0) is 13.8. The van der Waals surface area contributed by atoms with E-state index >= 15 is 0 Å². The molecular formula is C12H15ClFN5. The first-order chi connectivity index (χ1) is 9.13. The highest BCUT2D eigenvalue weighted by molar-refractivity contribution is 6.32. The van der Waals surface area contributed by atoms with Crippen LogP contribution < -0.4 is 5.32 Å². The quantitative estimate of drug-likeness (QED) is 0.916. The van der Waals surface area contributed by atoms with Gasteiger partial charge in [-0.15, -0.1) is 5.10 Å². The Balaban J connectivity index is 2.35. The molecule has 2 rings (SSSR count). The van der Waals surface area contributed by atoms with Crippen LogP contribution in [0.15, 0.2) is 18.2 Å². The van der Waals surface area contributed by atoms with Gasteiger partial charge < -0.3 is 5.32 Å². The smallest absolute Gasteiger partial charge is 0.173 e. The summed E-state index contributed by atoms with van der Waals surface area (Å²) in [5.74, 6) is 0.218. The van der Waals surface area contributed by atoms with Crippen LogP contribution in [-0.4, -0.2) is 26.8 Å². The lowest BCUT2D eigenvalue weighted by atomic mass is 10.2. The maximum absolute atomic E-state index is 13.3. The van der Waals surface area contributed by atoms with Crippen molar-refractivity contribution in [1.29, 1.82) is 0 Å². The fourth-order valence-electron chi connectivity index (χ4n) is 1.74. The van der Waals surface area contributed by atoms with Gasteiger partial charge in [-0.05, 0) is 42.4 Å². The molecule has 7 heteroatoms. The fraction of sp³-hybridized carbons (Fsp3) is 0.417. The molecule has 0 saturated carbocycles. The topological polar surface area (TPSA) is 55.6 Å². The summed E-state index contributed by atoms with van der Waals surface area (Å²) in [5.41, 5.74) is 0.437. The van der Waals surface area contributed by atoms with E-state index in [0.717, 1.165) is 13.0 Å². The molecule has 0 bridgehead atoms. The van der Waals surface area contributed by atoms with Crippen LogP contribution in [0.3, 0.4) is 0 Å². The first-order valence-corrected chi connectivity index (χ1v) is 6.48.